The number of carbonyl (C=O) groups excluding carboxylic acids is 1. The van der Waals surface area contributed by atoms with Crippen molar-refractivity contribution in [2.75, 3.05) is 11.1 Å². The minimum absolute atomic E-state index is 0.211. The fourth-order valence-corrected chi connectivity index (χ4v) is 1.87. The Morgan fingerprint density at radius 1 is 1.11 bits per heavy atom. The molecule has 3 aromatic rings. The van der Waals surface area contributed by atoms with Crippen molar-refractivity contribution in [3.8, 4) is 0 Å². The molecule has 0 bridgehead atoms. The summed E-state index contributed by atoms with van der Waals surface area (Å²) >= 11 is 0. The zero-order chi connectivity index (χ0) is 13.2. The molecule has 3 rings (SSSR count). The van der Waals surface area contributed by atoms with E-state index < -0.39 is 0 Å². The van der Waals surface area contributed by atoms with Crippen LogP contribution in [-0.2, 0) is 0 Å². The summed E-state index contributed by atoms with van der Waals surface area (Å²) in [4.78, 5) is 12.1. The molecular weight excluding hydrogens is 240 g/mol. The Hall–Kier alpha value is -2.82. The molecule has 19 heavy (non-hydrogen) atoms. The van der Waals surface area contributed by atoms with Crippen LogP contribution in [0.25, 0.3) is 10.9 Å². The predicted molar refractivity (Wildman–Crippen MR) is 74.9 cm³/mol. The van der Waals surface area contributed by atoms with Gasteiger partial charge in [0.25, 0.3) is 5.91 Å². The summed E-state index contributed by atoms with van der Waals surface area (Å²) in [5.41, 5.74) is 7.64. The van der Waals surface area contributed by atoms with Gasteiger partial charge in [-0.2, -0.15) is 5.10 Å². The largest absolute Gasteiger partial charge is 0.399 e. The number of nitrogen functional groups attached to an aromatic ring is 1. The Balaban J connectivity index is 1.89. The maximum atomic E-state index is 12.1. The van der Waals surface area contributed by atoms with E-state index in [-0.39, 0.29) is 5.91 Å². The summed E-state index contributed by atoms with van der Waals surface area (Å²) in [5.74, 6) is 0.315. The molecule has 0 aliphatic rings. The van der Waals surface area contributed by atoms with Gasteiger partial charge in [-0.15, -0.1) is 0 Å². The number of nitrogens with one attached hydrogen (secondary N) is 2. The second-order valence-corrected chi connectivity index (χ2v) is 4.19. The van der Waals surface area contributed by atoms with Crippen LogP contribution < -0.4 is 11.1 Å². The number of nitrogens with zero attached hydrogens (tertiary/aromatic N) is 1. The number of para-hydroxylation sites is 1. The van der Waals surface area contributed by atoms with Crippen LogP contribution in [0.15, 0.2) is 48.5 Å². The van der Waals surface area contributed by atoms with E-state index in [0.29, 0.717) is 17.1 Å². The fourth-order valence-electron chi connectivity index (χ4n) is 1.87. The molecule has 5 nitrogen and oxygen atoms in total. The van der Waals surface area contributed by atoms with Gasteiger partial charge in [0.1, 0.15) is 0 Å². The second kappa shape index (κ2) is 4.45. The molecule has 2 aromatic carbocycles. The molecule has 0 atom stereocenters. The third kappa shape index (κ3) is 2.13. The first-order valence-electron chi connectivity index (χ1n) is 5.84. The van der Waals surface area contributed by atoms with Gasteiger partial charge in [0.2, 0.25) is 0 Å². The van der Waals surface area contributed by atoms with E-state index in [2.05, 4.69) is 15.5 Å². The molecule has 1 aromatic heterocycles. The van der Waals surface area contributed by atoms with E-state index in [1.165, 1.54) is 0 Å². The lowest BCUT2D eigenvalue weighted by atomic mass is 10.2. The molecule has 94 valence electrons. The van der Waals surface area contributed by atoms with Crippen molar-refractivity contribution in [3.05, 3.63) is 54.1 Å². The van der Waals surface area contributed by atoms with Crippen LogP contribution in [0.3, 0.4) is 0 Å². The van der Waals surface area contributed by atoms with Gasteiger partial charge in [0, 0.05) is 16.6 Å². The summed E-state index contributed by atoms with van der Waals surface area (Å²) in [6, 6.07) is 14.4. The number of hydrogen-bond acceptors (Lipinski definition) is 3. The normalized spacial score (nSPS) is 10.5. The lowest BCUT2D eigenvalue weighted by Crippen LogP contribution is -2.12. The smallest absolute Gasteiger partial charge is 0.256 e. The molecule has 0 radical (unpaired) electrons. The van der Waals surface area contributed by atoms with Crippen LogP contribution in [-0.4, -0.2) is 16.1 Å². The highest BCUT2D eigenvalue weighted by molar-refractivity contribution is 6.07. The number of fused-ring (bicyclic) bond motifs is 1. The van der Waals surface area contributed by atoms with Gasteiger partial charge in [-0.05, 0) is 36.4 Å². The van der Waals surface area contributed by atoms with Gasteiger partial charge >= 0.3 is 0 Å². The number of rotatable bonds is 2. The number of aromatic nitrogens is 2. The van der Waals surface area contributed by atoms with E-state index in [4.69, 9.17) is 5.73 Å². The topological polar surface area (TPSA) is 83.8 Å². The molecule has 0 saturated carbocycles. The van der Waals surface area contributed by atoms with Crippen LogP contribution in [0.5, 0.6) is 0 Å². The second-order valence-electron chi connectivity index (χ2n) is 4.19. The molecule has 0 aliphatic carbocycles. The monoisotopic (exact) mass is 252 g/mol. The third-order valence-electron chi connectivity index (χ3n) is 2.88. The van der Waals surface area contributed by atoms with Crippen molar-refractivity contribution >= 4 is 28.3 Å². The van der Waals surface area contributed by atoms with E-state index in [1.54, 1.807) is 24.3 Å². The van der Waals surface area contributed by atoms with E-state index >= 15 is 0 Å². The summed E-state index contributed by atoms with van der Waals surface area (Å²) in [6.45, 7) is 0. The molecule has 0 fully saturated rings. The van der Waals surface area contributed by atoms with Crippen LogP contribution in [0.2, 0.25) is 0 Å². The van der Waals surface area contributed by atoms with Crippen molar-refractivity contribution < 1.29 is 4.79 Å². The number of hydrogen-bond donors (Lipinski definition) is 3. The van der Waals surface area contributed by atoms with E-state index in [0.717, 1.165) is 10.9 Å². The average molecular weight is 252 g/mol. The van der Waals surface area contributed by atoms with Gasteiger partial charge in [-0.3, -0.25) is 9.89 Å². The number of amides is 1. The highest BCUT2D eigenvalue weighted by Gasteiger charge is 2.10. The number of benzene rings is 2. The standard InChI is InChI=1S/C14H12N4O/c15-10-7-5-9(6-8-10)14(19)16-13-11-3-1-2-4-12(11)17-18-13/h1-8H,15H2,(H2,16,17,18,19). The summed E-state index contributed by atoms with van der Waals surface area (Å²) in [7, 11) is 0. The fraction of sp³-hybridized carbons (Fsp3) is 0. The van der Waals surface area contributed by atoms with Crippen molar-refractivity contribution in [2.45, 2.75) is 0 Å². The molecular formula is C14H12N4O. The molecule has 1 amide bonds. The SMILES string of the molecule is Nc1ccc(C(=O)Nc2n[nH]c3ccccc23)cc1. The number of aromatic amines is 1. The van der Waals surface area contributed by atoms with Crippen LogP contribution >= 0.6 is 0 Å². The number of H-pyrrole nitrogens is 1. The number of carbonyl (C=O) groups is 1. The molecule has 4 N–H and O–H groups in total. The molecule has 1 heterocycles. The summed E-state index contributed by atoms with van der Waals surface area (Å²) < 4.78 is 0. The van der Waals surface area contributed by atoms with E-state index in [9.17, 15) is 4.79 Å². The Kier molecular flexibility index (Phi) is 2.64. The van der Waals surface area contributed by atoms with Crippen molar-refractivity contribution in [1.82, 2.24) is 10.2 Å². The third-order valence-corrected chi connectivity index (χ3v) is 2.88. The van der Waals surface area contributed by atoms with Gasteiger partial charge in [0.15, 0.2) is 5.82 Å². The Bertz CT molecular complexity index is 731. The van der Waals surface area contributed by atoms with Crippen LogP contribution in [0, 0.1) is 0 Å². The summed E-state index contributed by atoms with van der Waals surface area (Å²) in [6.07, 6.45) is 0. The van der Waals surface area contributed by atoms with E-state index in [1.807, 2.05) is 24.3 Å². The highest BCUT2D eigenvalue weighted by atomic mass is 16.1. The van der Waals surface area contributed by atoms with Crippen LogP contribution in [0.4, 0.5) is 11.5 Å². The first-order chi connectivity index (χ1) is 9.24. The number of nitrogens with two attached hydrogens (primary N) is 1. The van der Waals surface area contributed by atoms with Crippen molar-refractivity contribution in [1.29, 1.82) is 0 Å². The first kappa shape index (κ1) is 11.3. The quantitative estimate of drug-likeness (QED) is 0.612. The Morgan fingerprint density at radius 2 is 1.84 bits per heavy atom. The van der Waals surface area contributed by atoms with Gasteiger partial charge < -0.3 is 11.1 Å². The lowest BCUT2D eigenvalue weighted by Gasteiger charge is -2.02. The van der Waals surface area contributed by atoms with Gasteiger partial charge in [-0.1, -0.05) is 12.1 Å². The highest BCUT2D eigenvalue weighted by Crippen LogP contribution is 2.20. The van der Waals surface area contributed by atoms with Crippen LogP contribution in [0.1, 0.15) is 10.4 Å². The van der Waals surface area contributed by atoms with Gasteiger partial charge in [0.05, 0.1) is 5.52 Å². The minimum atomic E-state index is -0.211. The average Bonchev–Trinajstić information content (AvgIpc) is 2.83. The molecule has 5 heteroatoms. The maximum absolute atomic E-state index is 12.1. The molecule has 0 spiro atoms. The van der Waals surface area contributed by atoms with Crippen molar-refractivity contribution in [3.63, 3.8) is 0 Å². The Labute approximate surface area is 109 Å². The first-order valence-corrected chi connectivity index (χ1v) is 5.84. The predicted octanol–water partition coefficient (Wildman–Crippen LogP) is 2.40. The number of anilines is 2. The molecule has 0 unspecified atom stereocenters. The zero-order valence-electron chi connectivity index (χ0n) is 10.1. The minimum Gasteiger partial charge on any atom is -0.399 e. The molecule has 0 saturated heterocycles. The maximum Gasteiger partial charge on any atom is 0.256 e. The zero-order valence-corrected chi connectivity index (χ0v) is 10.1. The van der Waals surface area contributed by atoms with Crippen molar-refractivity contribution in [2.24, 2.45) is 0 Å². The molecule has 0 aliphatic heterocycles. The Morgan fingerprint density at radius 3 is 2.63 bits per heavy atom. The van der Waals surface area contributed by atoms with Gasteiger partial charge in [-0.25, -0.2) is 0 Å². The lowest BCUT2D eigenvalue weighted by molar-refractivity contribution is 0.102. The summed E-state index contributed by atoms with van der Waals surface area (Å²) in [5, 5.41) is 10.6.